The fraction of sp³-hybridized carbons (Fsp3) is 0.0833. The first-order chi connectivity index (χ1) is 8.16. The van der Waals surface area contributed by atoms with Gasteiger partial charge in [0.15, 0.2) is 11.6 Å². The van der Waals surface area contributed by atoms with E-state index < -0.39 is 11.6 Å². The lowest BCUT2D eigenvalue weighted by molar-refractivity contribution is 0.500. The maximum atomic E-state index is 13.3. The van der Waals surface area contributed by atoms with Crippen LogP contribution in [0.15, 0.2) is 41.1 Å². The summed E-state index contributed by atoms with van der Waals surface area (Å²) in [4.78, 5) is 4.02. The topological polar surface area (TPSA) is 24.9 Å². The van der Waals surface area contributed by atoms with E-state index in [2.05, 4.69) is 26.2 Å². The molecule has 1 aromatic carbocycles. The molecule has 0 amide bonds. The molecule has 0 aliphatic rings. The predicted molar refractivity (Wildman–Crippen MR) is 65.6 cm³/mol. The van der Waals surface area contributed by atoms with Crippen molar-refractivity contribution in [3.8, 4) is 0 Å². The molecule has 88 valence electrons. The molecule has 5 heteroatoms. The molecule has 2 rings (SSSR count). The van der Waals surface area contributed by atoms with Crippen molar-refractivity contribution in [3.05, 3.63) is 58.3 Å². The maximum absolute atomic E-state index is 13.3. The van der Waals surface area contributed by atoms with Crippen molar-refractivity contribution in [2.75, 3.05) is 5.32 Å². The highest BCUT2D eigenvalue weighted by molar-refractivity contribution is 9.10. The molecule has 0 radical (unpaired) electrons. The molecule has 0 aliphatic heterocycles. The Morgan fingerprint density at radius 1 is 1.18 bits per heavy atom. The first-order valence-electron chi connectivity index (χ1n) is 4.95. The standard InChI is InChI=1S/C12H9BrF2N2/c13-11-5-4-9(7-17-11)16-6-8-2-1-3-10(14)12(8)15/h1-5,7,16H,6H2. The van der Waals surface area contributed by atoms with Crippen molar-refractivity contribution < 1.29 is 8.78 Å². The van der Waals surface area contributed by atoms with Crippen LogP contribution in [0.25, 0.3) is 0 Å². The molecule has 1 heterocycles. The summed E-state index contributed by atoms with van der Waals surface area (Å²) in [5.74, 6) is -1.65. The highest BCUT2D eigenvalue weighted by atomic mass is 79.9. The van der Waals surface area contributed by atoms with Crippen molar-refractivity contribution in [2.24, 2.45) is 0 Å². The van der Waals surface area contributed by atoms with Crippen molar-refractivity contribution in [2.45, 2.75) is 6.54 Å². The third kappa shape index (κ3) is 3.00. The highest BCUT2D eigenvalue weighted by Crippen LogP contribution is 2.15. The molecular weight excluding hydrogens is 290 g/mol. The van der Waals surface area contributed by atoms with Crippen LogP contribution in [0, 0.1) is 11.6 Å². The van der Waals surface area contributed by atoms with Crippen LogP contribution < -0.4 is 5.32 Å². The van der Waals surface area contributed by atoms with Crippen molar-refractivity contribution in [1.29, 1.82) is 0 Å². The van der Waals surface area contributed by atoms with Gasteiger partial charge in [0.1, 0.15) is 4.60 Å². The summed E-state index contributed by atoms with van der Waals surface area (Å²) in [5.41, 5.74) is 1.03. The normalized spacial score (nSPS) is 10.3. The van der Waals surface area contributed by atoms with E-state index in [9.17, 15) is 8.78 Å². The summed E-state index contributed by atoms with van der Waals surface area (Å²) in [6.07, 6.45) is 1.61. The fourth-order valence-corrected chi connectivity index (χ4v) is 1.60. The second-order valence-electron chi connectivity index (χ2n) is 3.44. The molecule has 2 aromatic rings. The Kier molecular flexibility index (Phi) is 3.68. The summed E-state index contributed by atoms with van der Waals surface area (Å²) in [6, 6.07) is 7.69. The van der Waals surface area contributed by atoms with Gasteiger partial charge < -0.3 is 5.32 Å². The van der Waals surface area contributed by atoms with Crippen LogP contribution >= 0.6 is 15.9 Å². The number of benzene rings is 1. The third-order valence-corrected chi connectivity index (χ3v) is 2.71. The lowest BCUT2D eigenvalue weighted by atomic mass is 10.2. The van der Waals surface area contributed by atoms with Crippen LogP contribution in [0.3, 0.4) is 0 Å². The molecule has 0 saturated heterocycles. The van der Waals surface area contributed by atoms with E-state index in [4.69, 9.17) is 0 Å². The van der Waals surface area contributed by atoms with Crippen LogP contribution in [0.1, 0.15) is 5.56 Å². The quantitative estimate of drug-likeness (QED) is 0.873. The molecule has 1 N–H and O–H groups in total. The zero-order valence-corrected chi connectivity index (χ0v) is 10.3. The Bertz CT molecular complexity index is 514. The summed E-state index contributed by atoms with van der Waals surface area (Å²) in [7, 11) is 0. The van der Waals surface area contributed by atoms with Gasteiger partial charge in [-0.2, -0.15) is 0 Å². The van der Waals surface area contributed by atoms with Gasteiger partial charge >= 0.3 is 0 Å². The molecule has 0 unspecified atom stereocenters. The lowest BCUT2D eigenvalue weighted by Crippen LogP contribution is -2.03. The molecule has 0 aliphatic carbocycles. The minimum atomic E-state index is -0.835. The van der Waals surface area contributed by atoms with Crippen LogP contribution in [0.4, 0.5) is 14.5 Å². The Labute approximate surface area is 106 Å². The number of hydrogen-bond acceptors (Lipinski definition) is 2. The smallest absolute Gasteiger partial charge is 0.163 e. The third-order valence-electron chi connectivity index (χ3n) is 2.24. The van der Waals surface area contributed by atoms with Gasteiger partial charge in [0, 0.05) is 12.1 Å². The number of halogens is 3. The van der Waals surface area contributed by atoms with E-state index in [-0.39, 0.29) is 12.1 Å². The van der Waals surface area contributed by atoms with Crippen LogP contribution in [-0.4, -0.2) is 4.98 Å². The zero-order valence-electron chi connectivity index (χ0n) is 8.75. The van der Waals surface area contributed by atoms with Crippen molar-refractivity contribution in [3.63, 3.8) is 0 Å². The summed E-state index contributed by atoms with van der Waals surface area (Å²) in [6.45, 7) is 0.215. The minimum Gasteiger partial charge on any atom is -0.380 e. The van der Waals surface area contributed by atoms with E-state index >= 15 is 0 Å². The summed E-state index contributed by atoms with van der Waals surface area (Å²) in [5, 5.41) is 2.97. The van der Waals surface area contributed by atoms with Crippen molar-refractivity contribution >= 4 is 21.6 Å². The number of aromatic nitrogens is 1. The summed E-state index contributed by atoms with van der Waals surface area (Å²) >= 11 is 3.21. The van der Waals surface area contributed by atoms with Gasteiger partial charge in [-0.3, -0.25) is 0 Å². The molecule has 0 atom stereocenters. The van der Waals surface area contributed by atoms with Gasteiger partial charge in [0.25, 0.3) is 0 Å². The summed E-state index contributed by atoms with van der Waals surface area (Å²) < 4.78 is 27.0. The number of pyridine rings is 1. The van der Waals surface area contributed by atoms with Gasteiger partial charge in [0.05, 0.1) is 11.9 Å². The maximum Gasteiger partial charge on any atom is 0.163 e. The molecule has 2 nitrogen and oxygen atoms in total. The zero-order chi connectivity index (χ0) is 12.3. The monoisotopic (exact) mass is 298 g/mol. The first-order valence-corrected chi connectivity index (χ1v) is 5.74. The Morgan fingerprint density at radius 3 is 2.71 bits per heavy atom. The lowest BCUT2D eigenvalue weighted by Gasteiger charge is -2.07. The molecule has 1 aromatic heterocycles. The molecule has 0 spiro atoms. The van der Waals surface area contributed by atoms with Gasteiger partial charge in [0.2, 0.25) is 0 Å². The van der Waals surface area contributed by atoms with E-state index in [1.54, 1.807) is 18.3 Å². The Hall–Kier alpha value is -1.49. The highest BCUT2D eigenvalue weighted by Gasteiger charge is 2.06. The Balaban J connectivity index is 2.07. The average Bonchev–Trinajstić information content (AvgIpc) is 2.33. The van der Waals surface area contributed by atoms with E-state index in [1.807, 2.05) is 0 Å². The van der Waals surface area contributed by atoms with Crippen LogP contribution in [0.5, 0.6) is 0 Å². The average molecular weight is 299 g/mol. The van der Waals surface area contributed by atoms with Gasteiger partial charge in [-0.25, -0.2) is 13.8 Å². The van der Waals surface area contributed by atoms with Gasteiger partial charge in [-0.05, 0) is 34.1 Å². The number of nitrogens with zero attached hydrogens (tertiary/aromatic N) is 1. The van der Waals surface area contributed by atoms with E-state index in [1.165, 1.54) is 12.1 Å². The number of anilines is 1. The fourth-order valence-electron chi connectivity index (χ4n) is 1.36. The number of rotatable bonds is 3. The predicted octanol–water partition coefficient (Wildman–Crippen LogP) is 3.73. The minimum absolute atomic E-state index is 0.215. The van der Waals surface area contributed by atoms with Crippen molar-refractivity contribution in [1.82, 2.24) is 4.98 Å². The van der Waals surface area contributed by atoms with Crippen LogP contribution in [0.2, 0.25) is 0 Å². The first kappa shape index (κ1) is 12.0. The molecule has 17 heavy (non-hydrogen) atoms. The second-order valence-corrected chi connectivity index (χ2v) is 4.25. The molecule has 0 fully saturated rings. The van der Waals surface area contributed by atoms with Crippen LogP contribution in [-0.2, 0) is 6.54 Å². The Morgan fingerprint density at radius 2 is 2.00 bits per heavy atom. The SMILES string of the molecule is Fc1cccc(CNc2ccc(Br)nc2)c1F. The van der Waals surface area contributed by atoms with Gasteiger partial charge in [-0.15, -0.1) is 0 Å². The van der Waals surface area contributed by atoms with Gasteiger partial charge in [-0.1, -0.05) is 12.1 Å². The largest absolute Gasteiger partial charge is 0.380 e. The number of hydrogen-bond donors (Lipinski definition) is 1. The van der Waals surface area contributed by atoms with E-state index in [0.29, 0.717) is 0 Å². The molecule has 0 bridgehead atoms. The molecule has 0 saturated carbocycles. The number of nitrogens with one attached hydrogen (secondary N) is 1. The molecular formula is C12H9BrF2N2. The van der Waals surface area contributed by atoms with E-state index in [0.717, 1.165) is 16.4 Å². The second kappa shape index (κ2) is 5.23.